The Hall–Kier alpha value is 0.270. The highest BCUT2D eigenvalue weighted by Gasteiger charge is 1.89. The van der Waals surface area contributed by atoms with Crippen molar-refractivity contribution in [2.75, 3.05) is 84.6 Å². The van der Waals surface area contributed by atoms with Crippen molar-refractivity contribution in [1.29, 1.82) is 0 Å². The molecule has 0 aromatic carbocycles. The number of quaternary nitrogens is 3. The monoisotopic (exact) mass is 272 g/mol. The Balaban J connectivity index is -0.0000000693. The minimum Gasteiger partial charge on any atom is -0.380 e. The summed E-state index contributed by atoms with van der Waals surface area (Å²) in [5.74, 6) is 0. The van der Waals surface area contributed by atoms with E-state index < -0.39 is 0 Å². The molecule has 0 amide bonds. The van der Waals surface area contributed by atoms with E-state index in [4.69, 9.17) is 4.89 Å². The van der Waals surface area contributed by atoms with Crippen molar-refractivity contribution in [3.05, 3.63) is 0 Å². The predicted molar refractivity (Wildman–Crippen MR) is 83.8 cm³/mol. The van der Waals surface area contributed by atoms with Gasteiger partial charge in [0.25, 0.3) is 0 Å². The third-order valence-electron chi connectivity index (χ3n) is 0. The van der Waals surface area contributed by atoms with Gasteiger partial charge in [0.05, 0.1) is 84.6 Å². The molecule has 17 heavy (non-hydrogen) atoms. The first kappa shape index (κ1) is 26.0. The lowest BCUT2D eigenvalue weighted by atomic mass is 10.8. The zero-order valence-electron chi connectivity index (χ0n) is 14.4. The van der Waals surface area contributed by atoms with Gasteiger partial charge in [0.2, 0.25) is 0 Å². The van der Waals surface area contributed by atoms with Crippen molar-refractivity contribution in [2.45, 2.75) is 0 Å². The lowest BCUT2D eigenvalue weighted by molar-refractivity contribution is -0.849. The van der Waals surface area contributed by atoms with Gasteiger partial charge in [-0.25, -0.2) is 0 Å². The van der Waals surface area contributed by atoms with Crippen LogP contribution in [0.5, 0.6) is 0 Å². The maximum absolute atomic E-state index is 6.92. The number of hydrogen-bond acceptors (Lipinski definition) is 1. The Bertz CT molecular complexity index is 96.8. The van der Waals surface area contributed by atoms with Gasteiger partial charge in [-0.2, -0.15) is 0 Å². The van der Waals surface area contributed by atoms with Gasteiger partial charge >= 0.3 is 0 Å². The zero-order chi connectivity index (χ0) is 15.5. The van der Waals surface area contributed by atoms with Crippen molar-refractivity contribution in [3.63, 3.8) is 0 Å². The quantitative estimate of drug-likeness (QED) is 0.509. The van der Waals surface area contributed by atoms with Gasteiger partial charge in [-0.3, -0.25) is 0 Å². The van der Waals surface area contributed by atoms with Crippen LogP contribution in [0.25, 0.3) is 0 Å². The Morgan fingerprint density at radius 2 is 0.412 bits per heavy atom. The lowest BCUT2D eigenvalue weighted by Gasteiger charge is -2.14. The summed E-state index contributed by atoms with van der Waals surface area (Å²) in [6, 6.07) is 0. The molecule has 0 radical (unpaired) electrons. The maximum atomic E-state index is 6.92. The van der Waals surface area contributed by atoms with E-state index >= 15 is 0 Å². The maximum Gasteiger partial charge on any atom is 0.0675 e. The molecule has 1 N–H and O–H groups in total. The molecule has 1 atom stereocenters. The highest BCUT2D eigenvalue weighted by molar-refractivity contribution is 7.08. The van der Waals surface area contributed by atoms with Crippen molar-refractivity contribution in [3.8, 4) is 0 Å². The number of hydrogen-bond donors (Lipinski definition) is 1. The second kappa shape index (κ2) is 11.4. The van der Waals surface area contributed by atoms with Crippen LogP contribution in [-0.2, 0) is 0 Å². The van der Waals surface area contributed by atoms with Gasteiger partial charge in [-0.05, 0) is 9.47 Å². The minimum absolute atomic E-state index is 1.00. The molecular weight excluding hydrogens is 233 g/mol. The fourth-order valence-electron chi connectivity index (χ4n) is 0. The molecule has 0 aliphatic heterocycles. The average molecular weight is 272 g/mol. The van der Waals surface area contributed by atoms with Crippen LogP contribution >= 0.6 is 9.47 Å². The predicted octanol–water partition coefficient (Wildman–Crippen LogP) is 0.736. The topological polar surface area (TPSA) is 20.2 Å². The SMILES string of the molecule is C[N+](C)(C)C.C[N+](C)(C)C.C[N+](C)(C)C.OP. The summed E-state index contributed by atoms with van der Waals surface area (Å²) in [6.07, 6.45) is 0. The van der Waals surface area contributed by atoms with E-state index in [1.807, 2.05) is 0 Å². The summed E-state index contributed by atoms with van der Waals surface area (Å²) in [5, 5.41) is 0. The minimum atomic E-state index is 1.00. The van der Waals surface area contributed by atoms with Crippen molar-refractivity contribution < 1.29 is 18.3 Å². The third-order valence-corrected chi connectivity index (χ3v) is 0. The molecule has 0 aliphatic rings. The van der Waals surface area contributed by atoms with Crippen LogP contribution < -0.4 is 0 Å². The molecular formula is C12H39N3OP+3. The van der Waals surface area contributed by atoms with Gasteiger partial charge in [-0.1, -0.05) is 0 Å². The van der Waals surface area contributed by atoms with Gasteiger partial charge in [0.15, 0.2) is 0 Å². The van der Waals surface area contributed by atoms with Crippen LogP contribution in [0.3, 0.4) is 0 Å². The number of nitrogens with zero attached hydrogens (tertiary/aromatic N) is 3. The fourth-order valence-corrected chi connectivity index (χ4v) is 0. The summed E-state index contributed by atoms with van der Waals surface area (Å²) in [5.41, 5.74) is 0. The molecule has 4 nitrogen and oxygen atoms in total. The first-order valence-corrected chi connectivity index (χ1v) is 6.14. The smallest absolute Gasteiger partial charge is 0.0675 e. The highest BCUT2D eigenvalue weighted by Crippen LogP contribution is 1.74. The fraction of sp³-hybridized carbons (Fsp3) is 1.00. The molecule has 0 saturated heterocycles. The molecule has 0 aliphatic carbocycles. The second-order valence-electron chi connectivity index (χ2n) is 8.05. The molecule has 1 unspecified atom stereocenters. The van der Waals surface area contributed by atoms with Crippen molar-refractivity contribution in [2.24, 2.45) is 0 Å². The standard InChI is InChI=1S/3C4H12N.H3OP/c3*1-5(2,3)4;1-2/h3*1-4H3;1H,2H2/q3*+1;. The molecule has 0 spiro atoms. The van der Waals surface area contributed by atoms with Crippen LogP contribution in [0.1, 0.15) is 0 Å². The first-order valence-electron chi connectivity index (χ1n) is 5.62. The van der Waals surface area contributed by atoms with Crippen molar-refractivity contribution in [1.82, 2.24) is 0 Å². The zero-order valence-corrected chi connectivity index (χ0v) is 15.5. The Morgan fingerprint density at radius 3 is 0.412 bits per heavy atom. The lowest BCUT2D eigenvalue weighted by Crippen LogP contribution is -2.27. The first-order chi connectivity index (χ1) is 7.00. The number of rotatable bonds is 0. The van der Waals surface area contributed by atoms with E-state index in [0.29, 0.717) is 0 Å². The van der Waals surface area contributed by atoms with E-state index in [1.54, 1.807) is 0 Å². The van der Waals surface area contributed by atoms with Gasteiger partial charge < -0.3 is 18.3 Å². The Kier molecular flexibility index (Phi) is 17.4. The molecule has 5 heteroatoms. The van der Waals surface area contributed by atoms with Crippen LogP contribution in [0, 0.1) is 0 Å². The molecule has 0 aromatic heterocycles. The van der Waals surface area contributed by atoms with Gasteiger partial charge in [0.1, 0.15) is 0 Å². The molecule has 0 saturated carbocycles. The van der Waals surface area contributed by atoms with E-state index in [9.17, 15) is 0 Å². The Morgan fingerprint density at radius 1 is 0.412 bits per heavy atom. The average Bonchev–Trinajstić information content (AvgIpc) is 1.77. The molecule has 110 valence electrons. The summed E-state index contributed by atoms with van der Waals surface area (Å²) in [4.78, 5) is 6.92. The van der Waals surface area contributed by atoms with Crippen LogP contribution in [0.2, 0.25) is 0 Å². The van der Waals surface area contributed by atoms with E-state index in [1.165, 1.54) is 9.47 Å². The van der Waals surface area contributed by atoms with E-state index in [2.05, 4.69) is 84.6 Å². The molecule has 0 fully saturated rings. The van der Waals surface area contributed by atoms with Crippen LogP contribution in [0.15, 0.2) is 0 Å². The third kappa shape index (κ3) is 45400. The van der Waals surface area contributed by atoms with Crippen molar-refractivity contribution >= 4 is 9.47 Å². The van der Waals surface area contributed by atoms with Gasteiger partial charge in [0, 0.05) is 0 Å². The van der Waals surface area contributed by atoms with Crippen LogP contribution in [-0.4, -0.2) is 103 Å². The van der Waals surface area contributed by atoms with Gasteiger partial charge in [-0.15, -0.1) is 0 Å². The van der Waals surface area contributed by atoms with Crippen LogP contribution in [0.4, 0.5) is 0 Å². The molecule has 0 bridgehead atoms. The summed E-state index contributed by atoms with van der Waals surface area (Å²) in [6.45, 7) is 0. The molecule has 0 rings (SSSR count). The normalized spacial score (nSPS) is 10.9. The summed E-state index contributed by atoms with van der Waals surface area (Å²) in [7, 11) is 26.9. The largest absolute Gasteiger partial charge is 0.380 e. The summed E-state index contributed by atoms with van der Waals surface area (Å²) >= 11 is 0. The molecule has 0 heterocycles. The highest BCUT2D eigenvalue weighted by atomic mass is 31.0. The van der Waals surface area contributed by atoms with E-state index in [-0.39, 0.29) is 0 Å². The van der Waals surface area contributed by atoms with E-state index in [0.717, 1.165) is 13.4 Å². The Labute approximate surface area is 113 Å². The second-order valence-corrected chi connectivity index (χ2v) is 8.05. The molecule has 0 aromatic rings. The summed E-state index contributed by atoms with van der Waals surface area (Å²) < 4.78 is 3.00.